The molecule has 1 N–H and O–H groups in total. The van der Waals surface area contributed by atoms with Gasteiger partial charge in [0.15, 0.2) is 0 Å². The molecule has 4 heteroatoms. The van der Waals surface area contributed by atoms with Crippen LogP contribution in [0.25, 0.3) is 0 Å². The van der Waals surface area contributed by atoms with Crippen LogP contribution in [0.4, 0.5) is 0 Å². The van der Waals surface area contributed by atoms with Crippen molar-refractivity contribution in [2.24, 2.45) is 0 Å². The van der Waals surface area contributed by atoms with Gasteiger partial charge in [-0.2, -0.15) is 0 Å². The van der Waals surface area contributed by atoms with Gasteiger partial charge in [-0.1, -0.05) is 59.1 Å². The van der Waals surface area contributed by atoms with Crippen LogP contribution >= 0.6 is 34.8 Å². The lowest BCUT2D eigenvalue weighted by atomic mass is 10.0. The van der Waals surface area contributed by atoms with Crippen LogP contribution in [0, 0.1) is 0 Å². The van der Waals surface area contributed by atoms with Gasteiger partial charge in [0.25, 0.3) is 0 Å². The van der Waals surface area contributed by atoms with E-state index in [4.69, 9.17) is 34.8 Å². The first-order valence-corrected chi connectivity index (χ1v) is 7.58. The van der Waals surface area contributed by atoms with Crippen LogP contribution in [0.2, 0.25) is 15.1 Å². The standard InChI is InChI=1S/C16H16Cl3N/c1-10(12-7-8-15(18)16(19)9-12)20-11(2)13-5-3-4-6-14(13)17/h3-11,20H,1-2H3/t10?,11-/m0/s1. The molecule has 20 heavy (non-hydrogen) atoms. The third kappa shape index (κ3) is 3.67. The summed E-state index contributed by atoms with van der Waals surface area (Å²) in [5.74, 6) is 0. The van der Waals surface area contributed by atoms with E-state index in [1.165, 1.54) is 0 Å². The zero-order valence-electron chi connectivity index (χ0n) is 11.3. The molecule has 1 unspecified atom stereocenters. The Labute approximate surface area is 134 Å². The van der Waals surface area contributed by atoms with Gasteiger partial charge in [0, 0.05) is 17.1 Å². The van der Waals surface area contributed by atoms with Gasteiger partial charge >= 0.3 is 0 Å². The molecular weight excluding hydrogens is 313 g/mol. The topological polar surface area (TPSA) is 12.0 Å². The molecule has 106 valence electrons. The average Bonchev–Trinajstić information content (AvgIpc) is 2.42. The first-order valence-electron chi connectivity index (χ1n) is 6.44. The predicted molar refractivity (Wildman–Crippen MR) is 87.9 cm³/mol. The van der Waals surface area contributed by atoms with Gasteiger partial charge in [0.2, 0.25) is 0 Å². The van der Waals surface area contributed by atoms with Gasteiger partial charge in [-0.15, -0.1) is 0 Å². The monoisotopic (exact) mass is 327 g/mol. The van der Waals surface area contributed by atoms with Crippen molar-refractivity contribution in [3.63, 3.8) is 0 Å². The van der Waals surface area contributed by atoms with Crippen LogP contribution in [0.5, 0.6) is 0 Å². The molecule has 0 bridgehead atoms. The number of nitrogens with one attached hydrogen (secondary N) is 1. The normalized spacial score (nSPS) is 14.1. The molecule has 2 aromatic carbocycles. The molecule has 0 aliphatic rings. The number of hydrogen-bond donors (Lipinski definition) is 1. The van der Waals surface area contributed by atoms with Crippen molar-refractivity contribution in [3.8, 4) is 0 Å². The Bertz CT molecular complexity index is 598. The second kappa shape index (κ2) is 6.82. The molecule has 2 rings (SSSR count). The Kier molecular flexibility index (Phi) is 5.34. The van der Waals surface area contributed by atoms with Gasteiger partial charge in [-0.05, 0) is 43.2 Å². The maximum absolute atomic E-state index is 6.22. The van der Waals surface area contributed by atoms with Crippen LogP contribution < -0.4 is 5.32 Å². The molecule has 0 saturated heterocycles. The Balaban J connectivity index is 2.13. The van der Waals surface area contributed by atoms with Crippen molar-refractivity contribution < 1.29 is 0 Å². The quantitative estimate of drug-likeness (QED) is 0.719. The minimum absolute atomic E-state index is 0.146. The first kappa shape index (κ1) is 15.7. The van der Waals surface area contributed by atoms with Crippen molar-refractivity contribution in [3.05, 3.63) is 68.7 Å². The fraction of sp³-hybridized carbons (Fsp3) is 0.250. The summed E-state index contributed by atoms with van der Waals surface area (Å²) in [5, 5.41) is 5.43. The average molecular weight is 329 g/mol. The van der Waals surface area contributed by atoms with E-state index >= 15 is 0 Å². The molecule has 0 fully saturated rings. The Morgan fingerprint density at radius 2 is 1.50 bits per heavy atom. The van der Waals surface area contributed by atoms with Crippen molar-refractivity contribution in [2.75, 3.05) is 0 Å². The molecule has 0 amide bonds. The fourth-order valence-electron chi connectivity index (χ4n) is 2.17. The highest BCUT2D eigenvalue weighted by Crippen LogP contribution is 2.28. The number of halogens is 3. The molecule has 0 heterocycles. The summed E-state index contributed by atoms with van der Waals surface area (Å²) in [4.78, 5) is 0. The highest BCUT2D eigenvalue weighted by Gasteiger charge is 2.14. The summed E-state index contributed by atoms with van der Waals surface area (Å²) in [7, 11) is 0. The van der Waals surface area contributed by atoms with E-state index in [2.05, 4.69) is 19.2 Å². The fourth-order valence-corrected chi connectivity index (χ4v) is 2.77. The lowest BCUT2D eigenvalue weighted by molar-refractivity contribution is 0.495. The SMILES string of the molecule is CC(N[C@@H](C)c1ccccc1Cl)c1ccc(Cl)c(Cl)c1. The predicted octanol–water partition coefficient (Wildman–Crippen LogP) is 6.06. The third-order valence-electron chi connectivity index (χ3n) is 3.32. The lowest BCUT2D eigenvalue weighted by Crippen LogP contribution is -2.22. The van der Waals surface area contributed by atoms with Crippen LogP contribution in [-0.4, -0.2) is 0 Å². The van der Waals surface area contributed by atoms with Gasteiger partial charge in [0.1, 0.15) is 0 Å². The van der Waals surface area contributed by atoms with E-state index < -0.39 is 0 Å². The van der Waals surface area contributed by atoms with Crippen molar-refractivity contribution in [1.82, 2.24) is 5.32 Å². The van der Waals surface area contributed by atoms with Gasteiger partial charge in [-0.25, -0.2) is 0 Å². The number of rotatable bonds is 4. The summed E-state index contributed by atoms with van der Waals surface area (Å²) >= 11 is 18.2. The summed E-state index contributed by atoms with van der Waals surface area (Å²) in [6.45, 7) is 4.18. The Morgan fingerprint density at radius 3 is 2.15 bits per heavy atom. The highest BCUT2D eigenvalue weighted by molar-refractivity contribution is 6.42. The van der Waals surface area contributed by atoms with Crippen molar-refractivity contribution in [2.45, 2.75) is 25.9 Å². The smallest absolute Gasteiger partial charge is 0.0595 e. The van der Waals surface area contributed by atoms with Gasteiger partial charge in [-0.3, -0.25) is 0 Å². The maximum Gasteiger partial charge on any atom is 0.0595 e. The minimum atomic E-state index is 0.146. The van der Waals surface area contributed by atoms with E-state index in [9.17, 15) is 0 Å². The van der Waals surface area contributed by atoms with Crippen LogP contribution in [0.3, 0.4) is 0 Å². The van der Waals surface area contributed by atoms with Crippen LogP contribution in [0.15, 0.2) is 42.5 Å². The number of hydrogen-bond acceptors (Lipinski definition) is 1. The number of benzene rings is 2. The van der Waals surface area contributed by atoms with E-state index in [0.29, 0.717) is 10.0 Å². The molecule has 0 saturated carbocycles. The molecule has 0 aromatic heterocycles. The zero-order valence-corrected chi connectivity index (χ0v) is 13.6. The third-order valence-corrected chi connectivity index (χ3v) is 4.40. The molecule has 0 aliphatic heterocycles. The van der Waals surface area contributed by atoms with Crippen molar-refractivity contribution >= 4 is 34.8 Å². The van der Waals surface area contributed by atoms with E-state index in [1.807, 2.05) is 42.5 Å². The summed E-state index contributed by atoms with van der Waals surface area (Å²) in [6, 6.07) is 13.8. The zero-order chi connectivity index (χ0) is 14.7. The molecule has 0 spiro atoms. The Hall–Kier alpha value is -0.730. The molecular formula is C16H16Cl3N. The van der Waals surface area contributed by atoms with E-state index in [0.717, 1.165) is 16.1 Å². The largest absolute Gasteiger partial charge is 0.304 e. The van der Waals surface area contributed by atoms with E-state index in [1.54, 1.807) is 0 Å². The molecule has 2 atom stereocenters. The molecule has 2 aromatic rings. The molecule has 0 aliphatic carbocycles. The minimum Gasteiger partial charge on any atom is -0.304 e. The van der Waals surface area contributed by atoms with Crippen molar-refractivity contribution in [1.29, 1.82) is 0 Å². The first-order chi connectivity index (χ1) is 9.49. The van der Waals surface area contributed by atoms with Crippen LogP contribution in [-0.2, 0) is 0 Å². The Morgan fingerprint density at radius 1 is 0.800 bits per heavy atom. The summed E-state index contributed by atoms with van der Waals surface area (Å²) in [6.07, 6.45) is 0. The summed E-state index contributed by atoms with van der Waals surface area (Å²) in [5.41, 5.74) is 2.18. The maximum atomic E-state index is 6.22. The second-order valence-corrected chi connectivity index (χ2v) is 6.03. The highest BCUT2D eigenvalue weighted by atomic mass is 35.5. The van der Waals surface area contributed by atoms with Gasteiger partial charge in [0.05, 0.1) is 10.0 Å². The van der Waals surface area contributed by atoms with Gasteiger partial charge < -0.3 is 5.32 Å². The molecule has 0 radical (unpaired) electrons. The summed E-state index contributed by atoms with van der Waals surface area (Å²) < 4.78 is 0. The van der Waals surface area contributed by atoms with Crippen LogP contribution in [0.1, 0.15) is 37.1 Å². The molecule has 1 nitrogen and oxygen atoms in total. The lowest BCUT2D eigenvalue weighted by Gasteiger charge is -2.22. The second-order valence-electron chi connectivity index (χ2n) is 4.81. The van der Waals surface area contributed by atoms with E-state index in [-0.39, 0.29) is 12.1 Å².